The summed E-state index contributed by atoms with van der Waals surface area (Å²) in [5.41, 5.74) is 5.57. The molecule has 0 bridgehead atoms. The molecule has 112 valence electrons. The van der Waals surface area contributed by atoms with Crippen molar-refractivity contribution in [2.75, 3.05) is 39.3 Å². The van der Waals surface area contributed by atoms with Crippen molar-refractivity contribution in [3.8, 4) is 0 Å². The van der Waals surface area contributed by atoms with E-state index in [0.29, 0.717) is 11.8 Å². The summed E-state index contributed by atoms with van der Waals surface area (Å²) in [4.78, 5) is 16.9. The Morgan fingerprint density at radius 3 is 2.47 bits per heavy atom. The van der Waals surface area contributed by atoms with Crippen LogP contribution in [0.5, 0.6) is 0 Å². The van der Waals surface area contributed by atoms with Crippen molar-refractivity contribution in [3.05, 3.63) is 0 Å². The highest BCUT2D eigenvalue weighted by Crippen LogP contribution is 2.23. The Kier molecular flexibility index (Phi) is 7.11. The lowest BCUT2D eigenvalue weighted by Gasteiger charge is -2.37. The number of carbonyl (C=O) groups excluding carboxylic acids is 1. The van der Waals surface area contributed by atoms with Gasteiger partial charge in [-0.25, -0.2) is 0 Å². The molecule has 1 amide bonds. The van der Waals surface area contributed by atoms with Crippen molar-refractivity contribution in [2.45, 2.75) is 32.6 Å². The summed E-state index contributed by atoms with van der Waals surface area (Å²) in [7, 11) is 0. The van der Waals surface area contributed by atoms with Gasteiger partial charge < -0.3 is 15.5 Å². The average molecular weight is 290 g/mol. The second-order valence-corrected chi connectivity index (χ2v) is 5.94. The number of hydrogen-bond acceptors (Lipinski definition) is 3. The molecule has 2 heterocycles. The van der Waals surface area contributed by atoms with Gasteiger partial charge in [0.15, 0.2) is 0 Å². The van der Waals surface area contributed by atoms with E-state index in [1.165, 1.54) is 12.8 Å². The Morgan fingerprint density at radius 2 is 1.89 bits per heavy atom. The Morgan fingerprint density at radius 1 is 1.21 bits per heavy atom. The van der Waals surface area contributed by atoms with Gasteiger partial charge in [0, 0.05) is 32.1 Å². The smallest absolute Gasteiger partial charge is 0.225 e. The van der Waals surface area contributed by atoms with Crippen molar-refractivity contribution in [3.63, 3.8) is 0 Å². The molecule has 2 aliphatic heterocycles. The van der Waals surface area contributed by atoms with E-state index in [1.807, 2.05) is 0 Å². The van der Waals surface area contributed by atoms with Crippen LogP contribution in [-0.2, 0) is 4.79 Å². The maximum Gasteiger partial charge on any atom is 0.225 e. The molecule has 0 aromatic carbocycles. The van der Waals surface area contributed by atoms with Crippen LogP contribution < -0.4 is 5.73 Å². The molecule has 19 heavy (non-hydrogen) atoms. The molecule has 2 N–H and O–H groups in total. The summed E-state index contributed by atoms with van der Waals surface area (Å²) in [6.45, 7) is 7.98. The number of nitrogens with zero attached hydrogens (tertiary/aromatic N) is 2. The van der Waals surface area contributed by atoms with Crippen molar-refractivity contribution in [1.29, 1.82) is 0 Å². The van der Waals surface area contributed by atoms with Gasteiger partial charge in [0.2, 0.25) is 5.91 Å². The number of rotatable bonds is 3. The molecule has 0 spiro atoms. The summed E-state index contributed by atoms with van der Waals surface area (Å²) in [5, 5.41) is 0. The highest BCUT2D eigenvalue weighted by atomic mass is 35.5. The predicted molar refractivity (Wildman–Crippen MR) is 80.4 cm³/mol. The number of hydrogen-bond donors (Lipinski definition) is 1. The second kappa shape index (κ2) is 8.08. The van der Waals surface area contributed by atoms with Gasteiger partial charge in [-0.1, -0.05) is 6.92 Å². The molecular formula is C14H28ClN3O. The average Bonchev–Trinajstić information content (AvgIpc) is 2.39. The number of piperidine rings is 2. The molecule has 2 rings (SSSR count). The van der Waals surface area contributed by atoms with Gasteiger partial charge in [0.25, 0.3) is 0 Å². The van der Waals surface area contributed by atoms with E-state index in [9.17, 15) is 4.79 Å². The lowest BCUT2D eigenvalue weighted by Crippen LogP contribution is -2.46. The van der Waals surface area contributed by atoms with E-state index >= 15 is 0 Å². The summed E-state index contributed by atoms with van der Waals surface area (Å²) in [6.07, 6.45) is 4.49. The van der Waals surface area contributed by atoms with Crippen molar-refractivity contribution >= 4 is 18.3 Å². The fourth-order valence-corrected chi connectivity index (χ4v) is 3.23. The van der Waals surface area contributed by atoms with E-state index in [1.54, 1.807) is 0 Å². The zero-order valence-electron chi connectivity index (χ0n) is 12.0. The lowest BCUT2D eigenvalue weighted by molar-refractivity contribution is -0.138. The molecule has 1 atom stereocenters. The molecule has 2 fully saturated rings. The predicted octanol–water partition coefficient (Wildman–Crippen LogP) is 1.34. The molecule has 0 aliphatic carbocycles. The van der Waals surface area contributed by atoms with Crippen LogP contribution in [0.1, 0.15) is 32.6 Å². The minimum Gasteiger partial charge on any atom is -0.342 e. The highest BCUT2D eigenvalue weighted by Gasteiger charge is 2.30. The van der Waals surface area contributed by atoms with E-state index in [2.05, 4.69) is 16.7 Å². The largest absolute Gasteiger partial charge is 0.342 e. The third-order valence-electron chi connectivity index (χ3n) is 4.35. The SMILES string of the molecule is CC1CCCN(C(=O)C2CCN(CCN)CC2)C1.Cl. The first kappa shape index (κ1) is 16.7. The maximum atomic E-state index is 12.4. The van der Waals surface area contributed by atoms with Crippen molar-refractivity contribution in [1.82, 2.24) is 9.80 Å². The fraction of sp³-hybridized carbons (Fsp3) is 0.929. The number of carbonyl (C=O) groups is 1. The first-order valence-electron chi connectivity index (χ1n) is 7.42. The van der Waals surface area contributed by atoms with Crippen LogP contribution in [0.15, 0.2) is 0 Å². The molecule has 2 saturated heterocycles. The van der Waals surface area contributed by atoms with Gasteiger partial charge in [-0.05, 0) is 44.7 Å². The third kappa shape index (κ3) is 4.62. The summed E-state index contributed by atoms with van der Waals surface area (Å²) in [5.74, 6) is 1.36. The Bertz CT molecular complexity index is 280. The molecule has 1 unspecified atom stereocenters. The van der Waals surface area contributed by atoms with Gasteiger partial charge in [0.05, 0.1) is 0 Å². The topological polar surface area (TPSA) is 49.6 Å². The minimum absolute atomic E-state index is 0. The second-order valence-electron chi connectivity index (χ2n) is 5.94. The summed E-state index contributed by atoms with van der Waals surface area (Å²) < 4.78 is 0. The third-order valence-corrected chi connectivity index (χ3v) is 4.35. The van der Waals surface area contributed by atoms with Crippen molar-refractivity contribution < 1.29 is 4.79 Å². The summed E-state index contributed by atoms with van der Waals surface area (Å²) in [6, 6.07) is 0. The van der Waals surface area contributed by atoms with Crippen LogP contribution in [0.4, 0.5) is 0 Å². The van der Waals surface area contributed by atoms with E-state index < -0.39 is 0 Å². The van der Waals surface area contributed by atoms with Gasteiger partial charge in [-0.15, -0.1) is 12.4 Å². The number of amides is 1. The molecular weight excluding hydrogens is 262 g/mol. The van der Waals surface area contributed by atoms with Crippen LogP contribution in [-0.4, -0.2) is 55.0 Å². The van der Waals surface area contributed by atoms with Gasteiger partial charge in [-0.2, -0.15) is 0 Å². The normalized spacial score (nSPS) is 26.0. The monoisotopic (exact) mass is 289 g/mol. The Balaban J connectivity index is 0.00000180. The Labute approximate surface area is 123 Å². The van der Waals surface area contributed by atoms with E-state index in [0.717, 1.165) is 52.1 Å². The van der Waals surface area contributed by atoms with Crippen LogP contribution in [0.3, 0.4) is 0 Å². The molecule has 0 radical (unpaired) electrons. The molecule has 2 aliphatic rings. The van der Waals surface area contributed by atoms with Crippen molar-refractivity contribution in [2.24, 2.45) is 17.6 Å². The van der Waals surface area contributed by atoms with Gasteiger partial charge >= 0.3 is 0 Å². The number of likely N-dealkylation sites (tertiary alicyclic amines) is 2. The molecule has 0 aromatic heterocycles. The number of nitrogens with two attached hydrogens (primary N) is 1. The van der Waals surface area contributed by atoms with E-state index in [4.69, 9.17) is 5.73 Å². The van der Waals surface area contributed by atoms with Gasteiger partial charge in [0.1, 0.15) is 0 Å². The fourth-order valence-electron chi connectivity index (χ4n) is 3.23. The zero-order valence-corrected chi connectivity index (χ0v) is 12.8. The summed E-state index contributed by atoms with van der Waals surface area (Å²) >= 11 is 0. The first-order valence-corrected chi connectivity index (χ1v) is 7.42. The van der Waals surface area contributed by atoms with Crippen LogP contribution in [0, 0.1) is 11.8 Å². The van der Waals surface area contributed by atoms with Gasteiger partial charge in [-0.3, -0.25) is 4.79 Å². The Hall–Kier alpha value is -0.320. The first-order chi connectivity index (χ1) is 8.70. The van der Waals surface area contributed by atoms with E-state index in [-0.39, 0.29) is 18.3 Å². The number of halogens is 1. The maximum absolute atomic E-state index is 12.4. The van der Waals surface area contributed by atoms with Crippen LogP contribution in [0.2, 0.25) is 0 Å². The molecule has 0 aromatic rings. The van der Waals surface area contributed by atoms with Crippen LogP contribution >= 0.6 is 12.4 Å². The molecule has 0 saturated carbocycles. The molecule has 4 nitrogen and oxygen atoms in total. The standard InChI is InChI=1S/C14H27N3O.ClH/c1-12-3-2-7-17(11-12)14(18)13-4-8-16(9-5-13)10-6-15;/h12-13H,2-11,15H2,1H3;1H. The quantitative estimate of drug-likeness (QED) is 0.853. The minimum atomic E-state index is 0. The zero-order chi connectivity index (χ0) is 13.0. The highest BCUT2D eigenvalue weighted by molar-refractivity contribution is 5.85. The lowest BCUT2D eigenvalue weighted by atomic mass is 9.93. The van der Waals surface area contributed by atoms with Crippen LogP contribution in [0.25, 0.3) is 0 Å². The molecule has 5 heteroatoms.